The van der Waals surface area contributed by atoms with Gasteiger partial charge in [0.25, 0.3) is 11.5 Å². The van der Waals surface area contributed by atoms with E-state index in [1.807, 2.05) is 26.0 Å². The number of anilines is 2. The maximum absolute atomic E-state index is 14.1. The molecule has 0 atom stereocenters. The zero-order valence-corrected chi connectivity index (χ0v) is 29.4. The number of carbonyl (C=O) groups excluding carboxylic acids is 1. The summed E-state index contributed by atoms with van der Waals surface area (Å²) in [5.41, 5.74) is 2.11. The van der Waals surface area contributed by atoms with Crippen molar-refractivity contribution in [2.24, 2.45) is 0 Å². The number of halogens is 1. The number of hydrogen-bond acceptors (Lipinski definition) is 10. The molecule has 1 saturated heterocycles. The summed E-state index contributed by atoms with van der Waals surface area (Å²) in [4.78, 5) is 40.7. The molecule has 0 saturated carbocycles. The van der Waals surface area contributed by atoms with E-state index in [1.165, 1.54) is 14.2 Å². The number of amides is 1. The first-order valence-electron chi connectivity index (χ1n) is 15.9. The summed E-state index contributed by atoms with van der Waals surface area (Å²) in [5, 5.41) is 16.6. The Kier molecular flexibility index (Phi) is 10.9. The average Bonchev–Trinajstić information content (AvgIpc) is 3.10. The van der Waals surface area contributed by atoms with Crippen LogP contribution in [0.2, 0.25) is 5.02 Å². The summed E-state index contributed by atoms with van der Waals surface area (Å²) >= 11 is 6.70. The van der Waals surface area contributed by atoms with Crippen LogP contribution in [0.5, 0.6) is 11.5 Å². The molecular formula is C36H41ClN8O4. The van der Waals surface area contributed by atoms with Crippen molar-refractivity contribution in [1.29, 1.82) is 5.26 Å². The van der Waals surface area contributed by atoms with E-state index in [0.717, 1.165) is 31.7 Å². The number of nitrogens with one attached hydrogen (secondary N) is 2. The molecule has 2 N–H and O–H groups in total. The van der Waals surface area contributed by atoms with E-state index in [1.54, 1.807) is 54.2 Å². The lowest BCUT2D eigenvalue weighted by molar-refractivity contribution is -0.112. The molecule has 256 valence electrons. The van der Waals surface area contributed by atoms with Crippen LogP contribution >= 0.6 is 11.6 Å². The molecule has 0 unspecified atom stereocenters. The normalized spacial score (nSPS) is 14.4. The van der Waals surface area contributed by atoms with Crippen molar-refractivity contribution >= 4 is 40.2 Å². The Morgan fingerprint density at radius 3 is 2.43 bits per heavy atom. The Balaban J connectivity index is 1.38. The molecule has 1 fully saturated rings. The van der Waals surface area contributed by atoms with Crippen LogP contribution in [0.4, 0.5) is 11.6 Å². The number of methoxy groups -OCH3 is 2. The van der Waals surface area contributed by atoms with E-state index >= 15 is 0 Å². The summed E-state index contributed by atoms with van der Waals surface area (Å²) in [6.45, 7) is 7.94. The Morgan fingerprint density at radius 1 is 1.08 bits per heavy atom. The van der Waals surface area contributed by atoms with E-state index in [2.05, 4.69) is 43.5 Å². The number of fused-ring (bicyclic) bond motifs is 1. The number of nitriles is 1. The zero-order valence-electron chi connectivity index (χ0n) is 28.6. The predicted octanol–water partition coefficient (Wildman–Crippen LogP) is 4.83. The maximum Gasteiger partial charge on any atom is 0.266 e. The standard InChI is InChI=1S/C36H41ClN8O4/c1-36(2,44-15-13-43(4)14-16-44)20-25(21-38)33(46)41-26-9-7-23(8-10-26)11-12-45-32-24(22-40-35(39-3)42-32)17-29(34(45)47)28-18-27(48-5)19-30(49-6)31(28)37/h7-10,17-20,22H,11-16H2,1-6H3,(H,41,46)(H,39,40,42)/b25-20+. The first kappa shape index (κ1) is 35.3. The maximum atomic E-state index is 14.1. The van der Waals surface area contributed by atoms with E-state index in [-0.39, 0.29) is 16.2 Å². The van der Waals surface area contributed by atoms with E-state index < -0.39 is 11.4 Å². The highest BCUT2D eigenvalue weighted by molar-refractivity contribution is 6.35. The van der Waals surface area contributed by atoms with Crippen LogP contribution < -0.4 is 25.7 Å². The number of aromatic nitrogens is 3. The second-order valence-electron chi connectivity index (χ2n) is 12.4. The second kappa shape index (κ2) is 15.1. The van der Waals surface area contributed by atoms with Crippen LogP contribution in [-0.4, -0.2) is 90.3 Å². The van der Waals surface area contributed by atoms with Gasteiger partial charge in [-0.3, -0.25) is 19.1 Å². The highest BCUT2D eigenvalue weighted by atomic mass is 35.5. The number of likely N-dealkylation sites (N-methyl/N-ethyl adjacent to an activating group) is 1. The summed E-state index contributed by atoms with van der Waals surface area (Å²) in [6, 6.07) is 14.5. The van der Waals surface area contributed by atoms with Gasteiger partial charge in [-0.15, -0.1) is 0 Å². The first-order valence-corrected chi connectivity index (χ1v) is 16.3. The number of benzene rings is 2. The van der Waals surface area contributed by atoms with Crippen LogP contribution in [0.15, 0.2) is 65.1 Å². The summed E-state index contributed by atoms with van der Waals surface area (Å²) < 4.78 is 12.5. The van der Waals surface area contributed by atoms with Gasteiger partial charge in [-0.2, -0.15) is 10.2 Å². The molecule has 1 aliphatic heterocycles. The van der Waals surface area contributed by atoms with Crippen LogP contribution in [0.1, 0.15) is 19.4 Å². The second-order valence-corrected chi connectivity index (χ2v) is 12.8. The fourth-order valence-electron chi connectivity index (χ4n) is 5.88. The minimum Gasteiger partial charge on any atom is -0.497 e. The molecule has 3 heterocycles. The molecule has 1 aliphatic rings. The fourth-order valence-corrected chi connectivity index (χ4v) is 6.17. The van der Waals surface area contributed by atoms with Gasteiger partial charge in [0.15, 0.2) is 0 Å². The van der Waals surface area contributed by atoms with Gasteiger partial charge in [-0.05, 0) is 63.2 Å². The number of ether oxygens (including phenoxy) is 2. The zero-order chi connectivity index (χ0) is 35.3. The topological polar surface area (TPSA) is 138 Å². The molecular weight excluding hydrogens is 644 g/mol. The first-order chi connectivity index (χ1) is 23.5. The van der Waals surface area contributed by atoms with Gasteiger partial charge < -0.3 is 25.0 Å². The molecule has 13 heteroatoms. The summed E-state index contributed by atoms with van der Waals surface area (Å²) in [5.74, 6) is 0.798. The third kappa shape index (κ3) is 7.86. The van der Waals surface area contributed by atoms with E-state index in [0.29, 0.717) is 58.3 Å². The van der Waals surface area contributed by atoms with Crippen LogP contribution in [0.25, 0.3) is 22.2 Å². The van der Waals surface area contributed by atoms with Gasteiger partial charge in [0.1, 0.15) is 28.8 Å². The fraction of sp³-hybridized carbons (Fsp3) is 0.361. The molecule has 2 aromatic heterocycles. The number of hydrogen-bond donors (Lipinski definition) is 2. The van der Waals surface area contributed by atoms with Gasteiger partial charge in [0.05, 0.1) is 19.2 Å². The summed E-state index contributed by atoms with van der Waals surface area (Å²) in [6.07, 6.45) is 3.89. The lowest BCUT2D eigenvalue weighted by Crippen LogP contribution is -2.53. The van der Waals surface area contributed by atoms with Crippen molar-refractivity contribution in [3.05, 3.63) is 81.3 Å². The van der Waals surface area contributed by atoms with Crippen molar-refractivity contribution in [1.82, 2.24) is 24.3 Å². The van der Waals surface area contributed by atoms with Crippen molar-refractivity contribution in [2.75, 3.05) is 65.1 Å². The number of nitrogens with zero attached hydrogens (tertiary/aromatic N) is 6. The van der Waals surface area contributed by atoms with Gasteiger partial charge in [0, 0.05) is 79.8 Å². The van der Waals surface area contributed by atoms with Gasteiger partial charge in [0.2, 0.25) is 5.95 Å². The number of piperazine rings is 1. The minimum atomic E-state index is -0.458. The number of aryl methyl sites for hydroxylation is 2. The number of pyridine rings is 1. The average molecular weight is 685 g/mol. The van der Waals surface area contributed by atoms with Crippen LogP contribution in [0.3, 0.4) is 0 Å². The SMILES string of the molecule is CNc1ncc2cc(-c3cc(OC)cc(OC)c3Cl)c(=O)n(CCc3ccc(NC(=O)/C(C#N)=C/C(C)(C)N4CCN(C)CC4)cc3)c2n1. The number of rotatable bonds is 11. The molecule has 0 spiro atoms. The highest BCUT2D eigenvalue weighted by Gasteiger charge is 2.29. The Bertz CT molecular complexity index is 1980. The van der Waals surface area contributed by atoms with Gasteiger partial charge >= 0.3 is 0 Å². The Morgan fingerprint density at radius 2 is 1.80 bits per heavy atom. The molecule has 0 bridgehead atoms. The van der Waals surface area contributed by atoms with Crippen molar-refractivity contribution < 1.29 is 14.3 Å². The molecule has 5 rings (SSSR count). The molecule has 1 amide bonds. The minimum absolute atomic E-state index is 0.0656. The molecule has 0 aliphatic carbocycles. The van der Waals surface area contributed by atoms with E-state index in [4.69, 9.17) is 21.1 Å². The number of carbonyl (C=O) groups is 1. The molecule has 49 heavy (non-hydrogen) atoms. The largest absolute Gasteiger partial charge is 0.497 e. The molecule has 12 nitrogen and oxygen atoms in total. The van der Waals surface area contributed by atoms with Crippen molar-refractivity contribution in [2.45, 2.75) is 32.4 Å². The van der Waals surface area contributed by atoms with Crippen molar-refractivity contribution in [3.63, 3.8) is 0 Å². The predicted molar refractivity (Wildman–Crippen MR) is 193 cm³/mol. The molecule has 2 aromatic carbocycles. The lowest BCUT2D eigenvalue weighted by atomic mass is 9.97. The van der Waals surface area contributed by atoms with Crippen molar-refractivity contribution in [3.8, 4) is 28.7 Å². The Labute approximate surface area is 290 Å². The van der Waals surface area contributed by atoms with E-state index in [9.17, 15) is 14.9 Å². The quantitative estimate of drug-likeness (QED) is 0.167. The smallest absolute Gasteiger partial charge is 0.266 e. The van der Waals surface area contributed by atoms with Crippen LogP contribution in [0, 0.1) is 11.3 Å². The highest BCUT2D eigenvalue weighted by Crippen LogP contribution is 2.38. The molecule has 0 radical (unpaired) electrons. The molecule has 4 aromatic rings. The van der Waals surface area contributed by atoms with Gasteiger partial charge in [-0.25, -0.2) is 4.98 Å². The summed E-state index contributed by atoms with van der Waals surface area (Å²) in [7, 11) is 6.84. The third-order valence-electron chi connectivity index (χ3n) is 8.83. The monoisotopic (exact) mass is 684 g/mol. The van der Waals surface area contributed by atoms with Gasteiger partial charge in [-0.1, -0.05) is 23.7 Å². The van der Waals surface area contributed by atoms with Crippen LogP contribution in [-0.2, 0) is 17.8 Å². The lowest BCUT2D eigenvalue weighted by Gasteiger charge is -2.41. The third-order valence-corrected chi connectivity index (χ3v) is 9.22. The Hall–Kier alpha value is -4.96.